The first kappa shape index (κ1) is 42.6. The average Bonchev–Trinajstić information content (AvgIpc) is 3.40. The van der Waals surface area contributed by atoms with Gasteiger partial charge in [-0.05, 0) is 199 Å². The van der Waals surface area contributed by atoms with Crippen LogP contribution in [0.25, 0.3) is 76.5 Å². The minimum Gasteiger partial charge on any atom is -0.310 e. The van der Waals surface area contributed by atoms with Gasteiger partial charge in [-0.1, -0.05) is 170 Å². The normalized spacial score (nSPS) is 11.4. The summed E-state index contributed by atoms with van der Waals surface area (Å²) < 4.78 is 0. The molecular weight excluding hydrogens is 845 g/mol. The number of benzene rings is 12. The van der Waals surface area contributed by atoms with E-state index in [2.05, 4.69) is 280 Å². The summed E-state index contributed by atoms with van der Waals surface area (Å²) in [6.45, 7) is 8.89. The van der Waals surface area contributed by atoms with E-state index in [9.17, 15) is 0 Å². The summed E-state index contributed by atoms with van der Waals surface area (Å²) in [4.78, 5) is 4.80. The van der Waals surface area contributed by atoms with Gasteiger partial charge in [0.05, 0.1) is 0 Å². The third-order valence-corrected chi connectivity index (χ3v) is 14.3. The third kappa shape index (κ3) is 7.55. The van der Waals surface area contributed by atoms with E-state index >= 15 is 0 Å². The monoisotopic (exact) mass is 896 g/mol. The van der Waals surface area contributed by atoms with Gasteiger partial charge in [-0.15, -0.1) is 0 Å². The molecule has 0 bridgehead atoms. The Morgan fingerprint density at radius 1 is 0.229 bits per heavy atom. The quantitative estimate of drug-likeness (QED) is 0.133. The fourth-order valence-electron chi connectivity index (χ4n) is 10.8. The van der Waals surface area contributed by atoms with Crippen LogP contribution in [0.2, 0.25) is 0 Å². The van der Waals surface area contributed by atoms with Crippen LogP contribution in [0.15, 0.2) is 243 Å². The van der Waals surface area contributed by atoms with E-state index in [0.29, 0.717) is 0 Å². The smallest absolute Gasteiger partial charge is 0.0490 e. The lowest BCUT2D eigenvalue weighted by Gasteiger charge is -2.29. The number of hydrogen-bond acceptors (Lipinski definition) is 2. The van der Waals surface area contributed by atoms with Crippen LogP contribution in [0.3, 0.4) is 0 Å². The molecule has 70 heavy (non-hydrogen) atoms. The second-order valence-corrected chi connectivity index (χ2v) is 18.7. The minimum atomic E-state index is 1.12. The number of fused-ring (bicyclic) bond motifs is 6. The minimum absolute atomic E-state index is 1.12. The molecule has 0 aliphatic heterocycles. The van der Waals surface area contributed by atoms with Crippen LogP contribution in [-0.4, -0.2) is 0 Å². The molecule has 0 saturated carbocycles. The van der Waals surface area contributed by atoms with Gasteiger partial charge in [-0.2, -0.15) is 0 Å². The highest BCUT2D eigenvalue weighted by Gasteiger charge is 2.20. The summed E-state index contributed by atoms with van der Waals surface area (Å²) in [5.74, 6) is 0. The first-order valence-electron chi connectivity index (χ1n) is 24.3. The van der Waals surface area contributed by atoms with E-state index in [4.69, 9.17) is 0 Å². The van der Waals surface area contributed by atoms with Gasteiger partial charge in [0.2, 0.25) is 0 Å². The molecule has 0 unspecified atom stereocenters. The summed E-state index contributed by atoms with van der Waals surface area (Å²) in [6, 6.07) is 89.1. The van der Waals surface area contributed by atoms with Crippen molar-refractivity contribution in [2.75, 3.05) is 9.80 Å². The third-order valence-electron chi connectivity index (χ3n) is 14.3. The van der Waals surface area contributed by atoms with E-state index in [1.54, 1.807) is 0 Å². The van der Waals surface area contributed by atoms with Crippen LogP contribution in [0.5, 0.6) is 0 Å². The molecule has 2 nitrogen and oxygen atoms in total. The molecule has 12 rings (SSSR count). The van der Waals surface area contributed by atoms with E-state index in [0.717, 1.165) is 34.1 Å². The molecule has 12 aromatic rings. The molecule has 0 aliphatic rings. The fraction of sp³-hybridized carbons (Fsp3) is 0.0588. The Bertz CT molecular complexity index is 3680. The zero-order chi connectivity index (χ0) is 47.3. The molecule has 12 aromatic carbocycles. The Kier molecular flexibility index (Phi) is 10.8. The molecule has 0 aliphatic carbocycles. The van der Waals surface area contributed by atoms with Crippen molar-refractivity contribution in [1.29, 1.82) is 0 Å². The van der Waals surface area contributed by atoms with Crippen LogP contribution >= 0.6 is 0 Å². The molecule has 0 amide bonds. The van der Waals surface area contributed by atoms with Crippen LogP contribution in [0.4, 0.5) is 34.1 Å². The van der Waals surface area contributed by atoms with Gasteiger partial charge in [0, 0.05) is 34.1 Å². The Morgan fingerprint density at radius 2 is 0.557 bits per heavy atom. The lowest BCUT2D eigenvalue weighted by atomic mass is 9.93. The maximum Gasteiger partial charge on any atom is 0.0490 e. The molecule has 334 valence electrons. The van der Waals surface area contributed by atoms with Crippen molar-refractivity contribution in [3.05, 3.63) is 265 Å². The molecule has 0 fully saturated rings. The number of nitrogens with zero attached hydrogens (tertiary/aromatic N) is 2. The molecule has 0 saturated heterocycles. The number of rotatable bonds is 9. The van der Waals surface area contributed by atoms with Crippen molar-refractivity contribution >= 4 is 77.2 Å². The molecule has 0 aromatic heterocycles. The zero-order valence-corrected chi connectivity index (χ0v) is 40.0. The molecular formula is C68H52N2. The topological polar surface area (TPSA) is 6.48 Å². The number of para-hydroxylation sites is 2. The first-order valence-corrected chi connectivity index (χ1v) is 24.3. The van der Waals surface area contributed by atoms with Gasteiger partial charge >= 0.3 is 0 Å². The summed E-state index contributed by atoms with van der Waals surface area (Å²) in [5, 5.41) is 10.2. The van der Waals surface area contributed by atoms with Gasteiger partial charge in [0.1, 0.15) is 0 Å². The number of aryl methyl sites for hydroxylation is 4. The highest BCUT2D eigenvalue weighted by molar-refractivity contribution is 6.15. The van der Waals surface area contributed by atoms with Crippen molar-refractivity contribution in [3.8, 4) is 33.4 Å². The van der Waals surface area contributed by atoms with Gasteiger partial charge in [0.25, 0.3) is 0 Å². The first-order chi connectivity index (χ1) is 34.4. The Labute approximate surface area is 411 Å². The van der Waals surface area contributed by atoms with Gasteiger partial charge < -0.3 is 9.80 Å². The maximum atomic E-state index is 2.40. The van der Waals surface area contributed by atoms with Crippen LogP contribution < -0.4 is 9.80 Å². The second kappa shape index (κ2) is 17.7. The molecule has 0 radical (unpaired) electrons. The molecule has 0 heterocycles. The largest absolute Gasteiger partial charge is 0.310 e. The van der Waals surface area contributed by atoms with Crippen LogP contribution in [0.1, 0.15) is 22.3 Å². The average molecular weight is 897 g/mol. The molecule has 0 N–H and O–H groups in total. The predicted octanol–water partition coefficient (Wildman–Crippen LogP) is 19.5. The van der Waals surface area contributed by atoms with Crippen molar-refractivity contribution in [1.82, 2.24) is 0 Å². The Balaban J connectivity index is 0.889. The van der Waals surface area contributed by atoms with Crippen molar-refractivity contribution in [3.63, 3.8) is 0 Å². The lowest BCUT2D eigenvalue weighted by Crippen LogP contribution is -2.12. The maximum absolute atomic E-state index is 2.40. The molecule has 0 atom stereocenters. The SMILES string of the molecule is Cc1cc(N(c2ccc(-c3cc4ccccc4c4ccccc34)cc2)c2ccccc2C)ccc1-c1ccc(N(c2ccc(-c3cc4ccccc4c4ccccc34)cc2)c2ccccc2C)cc1C. The molecule has 2 heteroatoms. The standard InChI is InChI=1S/C68H52N2/c1-45-17-5-15-27-67(45)69(53-33-29-49(30-34-53)65-43-51-19-7-9-21-59(51)61-23-11-13-25-63(61)65)55-37-39-57(47(3)41-55)58-40-38-56(42-48(58)4)70(68-28-16-6-18-46(68)2)54-35-31-50(32-36-54)66-44-52-20-8-10-22-60(52)62-24-12-14-26-64(62)66/h5-44H,1-4H3. The van der Waals surface area contributed by atoms with Gasteiger partial charge in [-0.25, -0.2) is 0 Å². The van der Waals surface area contributed by atoms with Crippen LogP contribution in [0, 0.1) is 27.7 Å². The van der Waals surface area contributed by atoms with Crippen LogP contribution in [-0.2, 0) is 0 Å². The van der Waals surface area contributed by atoms with Crippen molar-refractivity contribution < 1.29 is 0 Å². The van der Waals surface area contributed by atoms with E-state index < -0.39 is 0 Å². The van der Waals surface area contributed by atoms with Gasteiger partial charge in [0.15, 0.2) is 0 Å². The summed E-state index contributed by atoms with van der Waals surface area (Å²) >= 11 is 0. The zero-order valence-electron chi connectivity index (χ0n) is 40.0. The highest BCUT2D eigenvalue weighted by atomic mass is 15.1. The predicted molar refractivity (Wildman–Crippen MR) is 301 cm³/mol. The Morgan fingerprint density at radius 3 is 0.943 bits per heavy atom. The second-order valence-electron chi connectivity index (χ2n) is 18.7. The highest BCUT2D eigenvalue weighted by Crippen LogP contribution is 2.44. The van der Waals surface area contributed by atoms with E-state index in [-0.39, 0.29) is 0 Å². The fourth-order valence-corrected chi connectivity index (χ4v) is 10.8. The summed E-state index contributed by atoms with van der Waals surface area (Å²) in [6.07, 6.45) is 0. The number of hydrogen-bond donors (Lipinski definition) is 0. The summed E-state index contributed by atoms with van der Waals surface area (Å²) in [5.41, 5.74) is 19.0. The van der Waals surface area contributed by atoms with Gasteiger partial charge in [-0.3, -0.25) is 0 Å². The summed E-state index contributed by atoms with van der Waals surface area (Å²) in [7, 11) is 0. The molecule has 0 spiro atoms. The van der Waals surface area contributed by atoms with E-state index in [1.165, 1.54) is 98.7 Å². The van der Waals surface area contributed by atoms with E-state index in [1.807, 2.05) is 0 Å². The van der Waals surface area contributed by atoms with Crippen molar-refractivity contribution in [2.24, 2.45) is 0 Å². The Hall–Kier alpha value is -8.72. The number of anilines is 6. The lowest BCUT2D eigenvalue weighted by molar-refractivity contribution is 1.23. The van der Waals surface area contributed by atoms with Crippen molar-refractivity contribution in [2.45, 2.75) is 27.7 Å².